The summed E-state index contributed by atoms with van der Waals surface area (Å²) in [5, 5.41) is 19.9. The molecule has 0 unspecified atom stereocenters. The summed E-state index contributed by atoms with van der Waals surface area (Å²) in [5.41, 5.74) is 1.24. The topological polar surface area (TPSA) is 90.1 Å². The van der Waals surface area contributed by atoms with E-state index in [1.807, 2.05) is 20.1 Å². The first kappa shape index (κ1) is 23.5. The second-order valence-electron chi connectivity index (χ2n) is 12.8. The van der Waals surface area contributed by atoms with Gasteiger partial charge >= 0.3 is 0 Å². The normalized spacial score (nSPS) is 42.9. The van der Waals surface area contributed by atoms with Crippen molar-refractivity contribution in [3.8, 4) is 0 Å². The predicted octanol–water partition coefficient (Wildman–Crippen LogP) is 4.43. The van der Waals surface area contributed by atoms with Crippen molar-refractivity contribution in [1.82, 2.24) is 20.0 Å². The Labute approximate surface area is 208 Å². The first-order valence-electron chi connectivity index (χ1n) is 13.6. The molecule has 4 aliphatic carbocycles. The van der Waals surface area contributed by atoms with Gasteiger partial charge in [0.2, 0.25) is 0 Å². The van der Waals surface area contributed by atoms with E-state index in [0.717, 1.165) is 56.2 Å². The Morgan fingerprint density at radius 3 is 2.71 bits per heavy atom. The quantitative estimate of drug-likeness (QED) is 0.681. The molecule has 2 aromatic rings. The number of pyridine rings is 1. The monoisotopic (exact) mass is 480 g/mol. The van der Waals surface area contributed by atoms with Gasteiger partial charge in [0.05, 0.1) is 18.4 Å². The summed E-state index contributed by atoms with van der Waals surface area (Å²) in [4.78, 5) is 19.3. The number of fused-ring (bicyclic) bond motifs is 6. The molecule has 2 heterocycles. The summed E-state index contributed by atoms with van der Waals surface area (Å²) >= 11 is 0. The fraction of sp³-hybridized carbons (Fsp3) is 0.786. The molecule has 4 fully saturated rings. The number of hydrogen-bond acceptors (Lipinski definition) is 6. The third-order valence-corrected chi connectivity index (χ3v) is 11.0. The van der Waals surface area contributed by atoms with Gasteiger partial charge in [0.15, 0.2) is 5.78 Å². The lowest BCUT2D eigenvalue weighted by molar-refractivity contribution is -0.175. The van der Waals surface area contributed by atoms with Crippen LogP contribution in [0.3, 0.4) is 0 Å². The first-order valence-corrected chi connectivity index (χ1v) is 13.6. The summed E-state index contributed by atoms with van der Waals surface area (Å²) in [6.07, 6.45) is 13.1. The number of ether oxygens (including phenoxy) is 1. The van der Waals surface area contributed by atoms with Crippen LogP contribution in [0.5, 0.6) is 0 Å². The van der Waals surface area contributed by atoms with Gasteiger partial charge in [0.25, 0.3) is 0 Å². The number of methoxy groups -OCH3 is 1. The number of carbonyl (C=O) groups is 1. The highest BCUT2D eigenvalue weighted by Gasteiger charge is 2.63. The van der Waals surface area contributed by atoms with Crippen LogP contribution in [0.15, 0.2) is 18.5 Å². The Balaban J connectivity index is 1.23. The van der Waals surface area contributed by atoms with E-state index in [9.17, 15) is 9.90 Å². The lowest BCUT2D eigenvalue weighted by atomic mass is 9.43. The summed E-state index contributed by atoms with van der Waals surface area (Å²) in [5.74, 6) is 2.83. The van der Waals surface area contributed by atoms with Gasteiger partial charge < -0.3 is 9.84 Å². The van der Waals surface area contributed by atoms with Crippen molar-refractivity contribution in [1.29, 1.82) is 0 Å². The van der Waals surface area contributed by atoms with E-state index >= 15 is 0 Å². The van der Waals surface area contributed by atoms with Crippen molar-refractivity contribution >= 4 is 16.8 Å². The standard InChI is InChI=1S/C28H40N4O3/c1-26(34)11-12-28(17-35-3)18(14-26)4-5-19-20-6-7-22(27(20,2)10-8-21(19)28)25(33)16-32-30-23-9-13-29-15-24(23)31-32/h9,13,15,18-22,34H,4-8,10-12,14,16-17H2,1-3H3/t18-,19-,20-,21-,22+,26+,27-,28+/m0/s1. The molecule has 190 valence electrons. The molecule has 7 heteroatoms. The largest absolute Gasteiger partial charge is 0.390 e. The van der Waals surface area contributed by atoms with E-state index in [4.69, 9.17) is 4.74 Å². The van der Waals surface area contributed by atoms with Crippen LogP contribution in [0.2, 0.25) is 0 Å². The number of Topliss-reactive ketones (excluding diaryl/α,β-unsaturated/α-hetero) is 1. The Kier molecular flexibility index (Phi) is 5.61. The SMILES string of the molecule is COC[C@]12CC[C@@](C)(O)C[C@@H]1CC[C@H]1[C@@H]3CC[C@H](C(=O)Cn4nc5ccncc5n4)[C@@]3(C)CC[C@@H]12. The number of rotatable bonds is 5. The highest BCUT2D eigenvalue weighted by atomic mass is 16.5. The second-order valence-corrected chi connectivity index (χ2v) is 12.8. The number of hydrogen-bond donors (Lipinski definition) is 1. The van der Waals surface area contributed by atoms with Gasteiger partial charge in [0.1, 0.15) is 17.6 Å². The summed E-state index contributed by atoms with van der Waals surface area (Å²) in [6, 6.07) is 1.84. The Hall–Kier alpha value is -1.86. The molecule has 4 aliphatic rings. The molecule has 4 saturated carbocycles. The average molecular weight is 481 g/mol. The van der Waals surface area contributed by atoms with E-state index < -0.39 is 5.60 Å². The summed E-state index contributed by atoms with van der Waals surface area (Å²) in [7, 11) is 1.85. The zero-order valence-electron chi connectivity index (χ0n) is 21.4. The first-order chi connectivity index (χ1) is 16.8. The molecule has 0 spiro atoms. The van der Waals surface area contributed by atoms with Gasteiger partial charge in [0, 0.05) is 19.2 Å². The molecular formula is C28H40N4O3. The van der Waals surface area contributed by atoms with Crippen molar-refractivity contribution in [2.24, 2.45) is 40.4 Å². The average Bonchev–Trinajstić information content (AvgIpc) is 3.39. The molecule has 0 amide bonds. The van der Waals surface area contributed by atoms with Crippen molar-refractivity contribution in [3.63, 3.8) is 0 Å². The van der Waals surface area contributed by atoms with Gasteiger partial charge in [-0.3, -0.25) is 9.78 Å². The molecule has 0 aliphatic heterocycles. The second kappa shape index (κ2) is 8.34. The van der Waals surface area contributed by atoms with Crippen LogP contribution in [-0.4, -0.2) is 50.2 Å². The number of carbonyl (C=O) groups excluding carboxylic acids is 1. The van der Waals surface area contributed by atoms with Crippen molar-refractivity contribution in [2.45, 2.75) is 83.8 Å². The van der Waals surface area contributed by atoms with Crippen molar-refractivity contribution in [3.05, 3.63) is 18.5 Å². The third kappa shape index (κ3) is 3.67. The van der Waals surface area contributed by atoms with Gasteiger partial charge in [-0.25, -0.2) is 0 Å². The summed E-state index contributed by atoms with van der Waals surface area (Å²) < 4.78 is 5.89. The number of aliphatic hydroxyl groups is 1. The van der Waals surface area contributed by atoms with Crippen LogP contribution >= 0.6 is 0 Å². The molecule has 1 N–H and O–H groups in total. The van der Waals surface area contributed by atoms with E-state index in [1.54, 1.807) is 17.2 Å². The molecule has 35 heavy (non-hydrogen) atoms. The minimum Gasteiger partial charge on any atom is -0.390 e. The predicted molar refractivity (Wildman–Crippen MR) is 132 cm³/mol. The van der Waals surface area contributed by atoms with Crippen LogP contribution < -0.4 is 0 Å². The Morgan fingerprint density at radius 2 is 1.91 bits per heavy atom. The smallest absolute Gasteiger partial charge is 0.159 e. The molecule has 0 aromatic carbocycles. The fourth-order valence-corrected chi connectivity index (χ4v) is 9.44. The van der Waals surface area contributed by atoms with Gasteiger partial charge in [-0.1, -0.05) is 6.92 Å². The van der Waals surface area contributed by atoms with E-state index in [2.05, 4.69) is 22.1 Å². The zero-order chi connectivity index (χ0) is 24.4. The molecule has 0 saturated heterocycles. The zero-order valence-corrected chi connectivity index (χ0v) is 21.4. The van der Waals surface area contributed by atoms with Gasteiger partial charge in [-0.05, 0) is 105 Å². The number of nitrogens with zero attached hydrogens (tertiary/aromatic N) is 4. The minimum absolute atomic E-state index is 0.0631. The number of aromatic nitrogens is 4. The van der Waals surface area contributed by atoms with Gasteiger partial charge in [-0.2, -0.15) is 15.0 Å². The van der Waals surface area contributed by atoms with Crippen LogP contribution in [0.4, 0.5) is 0 Å². The third-order valence-electron chi connectivity index (χ3n) is 11.0. The van der Waals surface area contributed by atoms with Gasteiger partial charge in [-0.15, -0.1) is 0 Å². The summed E-state index contributed by atoms with van der Waals surface area (Å²) in [6.45, 7) is 5.49. The maximum Gasteiger partial charge on any atom is 0.159 e. The minimum atomic E-state index is -0.538. The van der Waals surface area contributed by atoms with E-state index in [0.29, 0.717) is 23.7 Å². The molecule has 0 radical (unpaired) electrons. The maximum absolute atomic E-state index is 13.6. The molecule has 6 rings (SSSR count). The van der Waals surface area contributed by atoms with Crippen molar-refractivity contribution < 1.29 is 14.6 Å². The van der Waals surface area contributed by atoms with Crippen LogP contribution in [0.1, 0.15) is 71.6 Å². The lowest BCUT2D eigenvalue weighted by Crippen LogP contribution is -2.58. The van der Waals surface area contributed by atoms with Crippen molar-refractivity contribution in [2.75, 3.05) is 13.7 Å². The molecule has 2 aromatic heterocycles. The number of ketones is 1. The Bertz CT molecular complexity index is 1080. The molecule has 8 atom stereocenters. The molecular weight excluding hydrogens is 440 g/mol. The highest BCUT2D eigenvalue weighted by Crippen LogP contribution is 2.68. The maximum atomic E-state index is 13.6. The van der Waals surface area contributed by atoms with E-state index in [1.165, 1.54) is 19.3 Å². The molecule has 7 nitrogen and oxygen atoms in total. The Morgan fingerprint density at radius 1 is 1.09 bits per heavy atom. The molecule has 0 bridgehead atoms. The van der Waals surface area contributed by atoms with Crippen LogP contribution in [0.25, 0.3) is 11.0 Å². The van der Waals surface area contributed by atoms with E-state index in [-0.39, 0.29) is 29.1 Å². The van der Waals surface area contributed by atoms with Crippen LogP contribution in [0, 0.1) is 40.4 Å². The highest BCUT2D eigenvalue weighted by molar-refractivity contribution is 5.82. The van der Waals surface area contributed by atoms with Crippen LogP contribution in [-0.2, 0) is 16.1 Å². The fourth-order valence-electron chi connectivity index (χ4n) is 9.44. The lowest BCUT2D eigenvalue weighted by Gasteiger charge is -2.62.